The minimum absolute atomic E-state index is 0.170. The predicted octanol–water partition coefficient (Wildman–Crippen LogP) is 4.81. The first-order chi connectivity index (χ1) is 9.77. The molecule has 1 aromatic carbocycles. The van der Waals surface area contributed by atoms with E-state index < -0.39 is 0 Å². The van der Waals surface area contributed by atoms with Gasteiger partial charge in [0.1, 0.15) is 0 Å². The van der Waals surface area contributed by atoms with Crippen LogP contribution in [-0.4, -0.2) is 11.2 Å². The van der Waals surface area contributed by atoms with E-state index >= 15 is 0 Å². The van der Waals surface area contributed by atoms with Crippen LogP contribution in [0.15, 0.2) is 29.6 Å². The molecule has 2 heteroatoms. The second-order valence-corrected chi connectivity index (χ2v) is 8.01. The molecule has 0 spiro atoms. The highest BCUT2D eigenvalue weighted by molar-refractivity contribution is 7.09. The van der Waals surface area contributed by atoms with Gasteiger partial charge in [0.05, 0.1) is 6.10 Å². The van der Waals surface area contributed by atoms with Gasteiger partial charge in [0.2, 0.25) is 0 Å². The number of benzene rings is 1. The van der Waals surface area contributed by atoms with Crippen LogP contribution in [0.2, 0.25) is 0 Å². The van der Waals surface area contributed by atoms with E-state index in [1.807, 2.05) is 6.07 Å². The van der Waals surface area contributed by atoms with E-state index in [1.165, 1.54) is 27.1 Å². The molecule has 0 aliphatic rings. The molecule has 0 saturated heterocycles. The summed E-state index contributed by atoms with van der Waals surface area (Å²) < 4.78 is 0. The Morgan fingerprint density at radius 3 is 2.19 bits per heavy atom. The van der Waals surface area contributed by atoms with Crippen molar-refractivity contribution in [3.05, 3.63) is 56.8 Å². The van der Waals surface area contributed by atoms with Gasteiger partial charge in [0.15, 0.2) is 0 Å². The van der Waals surface area contributed by atoms with Gasteiger partial charge in [-0.2, -0.15) is 0 Å². The summed E-state index contributed by atoms with van der Waals surface area (Å²) in [5.41, 5.74) is 5.43. The van der Waals surface area contributed by atoms with Crippen molar-refractivity contribution in [2.75, 3.05) is 0 Å². The van der Waals surface area contributed by atoms with E-state index in [4.69, 9.17) is 0 Å². The quantitative estimate of drug-likeness (QED) is 0.859. The molecule has 1 atom stereocenters. The Bertz CT molecular complexity index is 568. The van der Waals surface area contributed by atoms with Crippen molar-refractivity contribution < 1.29 is 5.11 Å². The first-order valence-corrected chi connectivity index (χ1v) is 8.46. The summed E-state index contributed by atoms with van der Waals surface area (Å²) in [6.07, 6.45) is 1.18. The average molecular weight is 302 g/mol. The minimum atomic E-state index is -0.304. The maximum Gasteiger partial charge on any atom is 0.0628 e. The lowest BCUT2D eigenvalue weighted by Gasteiger charge is -2.23. The van der Waals surface area contributed by atoms with Gasteiger partial charge in [-0.3, -0.25) is 0 Å². The Morgan fingerprint density at radius 2 is 1.71 bits per heavy atom. The number of rotatable bonds is 4. The average Bonchev–Trinajstić information content (AvgIpc) is 2.85. The Balaban J connectivity index is 2.17. The van der Waals surface area contributed by atoms with E-state index in [9.17, 15) is 5.11 Å². The predicted molar refractivity (Wildman–Crippen MR) is 92.3 cm³/mol. The lowest BCUT2D eigenvalue weighted by molar-refractivity contribution is 0.176. The molecule has 1 heterocycles. The molecule has 0 amide bonds. The van der Waals surface area contributed by atoms with E-state index in [0.717, 1.165) is 12.8 Å². The first kappa shape index (κ1) is 16.3. The first-order valence-electron chi connectivity index (χ1n) is 7.58. The van der Waals surface area contributed by atoms with Gasteiger partial charge < -0.3 is 5.11 Å². The van der Waals surface area contributed by atoms with Crippen molar-refractivity contribution in [2.45, 2.75) is 59.0 Å². The molecular formula is C19H26OS. The Morgan fingerprint density at radius 1 is 1.10 bits per heavy atom. The zero-order valence-corrected chi connectivity index (χ0v) is 14.6. The van der Waals surface area contributed by atoms with Crippen LogP contribution in [0, 0.1) is 13.8 Å². The number of thiophene rings is 1. The fraction of sp³-hybridized carbons (Fsp3) is 0.474. The van der Waals surface area contributed by atoms with Crippen LogP contribution in [0.25, 0.3) is 0 Å². The van der Waals surface area contributed by atoms with Crippen LogP contribution in [0.3, 0.4) is 0 Å². The van der Waals surface area contributed by atoms with Gasteiger partial charge in [-0.15, -0.1) is 11.3 Å². The van der Waals surface area contributed by atoms with E-state index in [2.05, 4.69) is 58.2 Å². The van der Waals surface area contributed by atoms with Gasteiger partial charge in [0, 0.05) is 11.3 Å². The lowest BCUT2D eigenvalue weighted by atomic mass is 9.83. The molecule has 2 aromatic rings. The molecule has 0 bridgehead atoms. The molecule has 1 N–H and O–H groups in total. The molecule has 1 aromatic heterocycles. The zero-order chi connectivity index (χ0) is 15.6. The standard InChI is InChI=1S/C19H26OS/c1-13-9-15(19(3,4)5)10-14(2)18(13)12-16(20)11-17-7-6-8-21-17/h6-10,16,20H,11-12H2,1-5H3. The van der Waals surface area contributed by atoms with Crippen molar-refractivity contribution in [1.82, 2.24) is 0 Å². The van der Waals surface area contributed by atoms with Crippen LogP contribution in [0.4, 0.5) is 0 Å². The molecule has 21 heavy (non-hydrogen) atoms. The second-order valence-electron chi connectivity index (χ2n) is 6.98. The summed E-state index contributed by atoms with van der Waals surface area (Å²) in [6.45, 7) is 11.1. The van der Waals surface area contributed by atoms with Crippen LogP contribution in [-0.2, 0) is 18.3 Å². The second kappa shape index (κ2) is 6.33. The summed E-state index contributed by atoms with van der Waals surface area (Å²) in [5, 5.41) is 12.4. The maximum absolute atomic E-state index is 10.4. The normalized spacial score (nSPS) is 13.4. The molecule has 0 radical (unpaired) electrons. The molecule has 0 fully saturated rings. The van der Waals surface area contributed by atoms with Crippen LogP contribution in [0.1, 0.15) is 47.9 Å². The number of hydrogen-bond acceptors (Lipinski definition) is 2. The van der Waals surface area contributed by atoms with Gasteiger partial charge in [-0.05, 0) is 59.4 Å². The van der Waals surface area contributed by atoms with E-state index in [1.54, 1.807) is 11.3 Å². The van der Waals surface area contributed by atoms with Crippen molar-refractivity contribution in [3.63, 3.8) is 0 Å². The third-order valence-corrected chi connectivity index (χ3v) is 4.92. The van der Waals surface area contributed by atoms with Gasteiger partial charge in [-0.1, -0.05) is 39.0 Å². The lowest BCUT2D eigenvalue weighted by Crippen LogP contribution is -2.17. The number of aliphatic hydroxyl groups is 1. The maximum atomic E-state index is 10.4. The van der Waals surface area contributed by atoms with Gasteiger partial charge in [0.25, 0.3) is 0 Å². The van der Waals surface area contributed by atoms with E-state index in [-0.39, 0.29) is 11.5 Å². The van der Waals surface area contributed by atoms with Crippen LogP contribution in [0.5, 0.6) is 0 Å². The molecule has 1 unspecified atom stereocenters. The Kier molecular flexibility index (Phi) is 4.90. The molecule has 114 valence electrons. The number of hydrogen-bond donors (Lipinski definition) is 1. The fourth-order valence-electron chi connectivity index (χ4n) is 2.72. The molecule has 1 nitrogen and oxygen atoms in total. The van der Waals surface area contributed by atoms with Crippen molar-refractivity contribution in [2.24, 2.45) is 0 Å². The smallest absolute Gasteiger partial charge is 0.0628 e. The number of aryl methyl sites for hydroxylation is 2. The third-order valence-electron chi connectivity index (χ3n) is 4.02. The SMILES string of the molecule is Cc1cc(C(C)(C)C)cc(C)c1CC(O)Cc1cccs1. The Labute approximate surface area is 132 Å². The summed E-state index contributed by atoms with van der Waals surface area (Å²) in [6, 6.07) is 8.69. The summed E-state index contributed by atoms with van der Waals surface area (Å²) in [7, 11) is 0. The molecular weight excluding hydrogens is 276 g/mol. The van der Waals surface area contributed by atoms with Crippen LogP contribution >= 0.6 is 11.3 Å². The Hall–Kier alpha value is -1.12. The largest absolute Gasteiger partial charge is 0.392 e. The topological polar surface area (TPSA) is 20.2 Å². The van der Waals surface area contributed by atoms with E-state index in [0.29, 0.717) is 0 Å². The van der Waals surface area contributed by atoms with Gasteiger partial charge >= 0.3 is 0 Å². The minimum Gasteiger partial charge on any atom is -0.392 e. The highest BCUT2D eigenvalue weighted by atomic mass is 32.1. The molecule has 0 aliphatic heterocycles. The van der Waals surface area contributed by atoms with Gasteiger partial charge in [-0.25, -0.2) is 0 Å². The summed E-state index contributed by atoms with van der Waals surface area (Å²) in [4.78, 5) is 1.25. The van der Waals surface area contributed by atoms with Crippen molar-refractivity contribution in [1.29, 1.82) is 0 Å². The highest BCUT2D eigenvalue weighted by Gasteiger charge is 2.17. The van der Waals surface area contributed by atoms with Crippen molar-refractivity contribution in [3.8, 4) is 0 Å². The molecule has 0 aliphatic carbocycles. The highest BCUT2D eigenvalue weighted by Crippen LogP contribution is 2.28. The number of aliphatic hydroxyl groups excluding tert-OH is 1. The fourth-order valence-corrected chi connectivity index (χ4v) is 3.49. The molecule has 2 rings (SSSR count). The monoisotopic (exact) mass is 302 g/mol. The third kappa shape index (κ3) is 4.18. The summed E-state index contributed by atoms with van der Waals surface area (Å²) in [5.74, 6) is 0. The summed E-state index contributed by atoms with van der Waals surface area (Å²) >= 11 is 1.72. The zero-order valence-electron chi connectivity index (χ0n) is 13.7. The molecule has 0 saturated carbocycles. The van der Waals surface area contributed by atoms with Crippen LogP contribution < -0.4 is 0 Å². The van der Waals surface area contributed by atoms with Crippen molar-refractivity contribution >= 4 is 11.3 Å².